The molecule has 1 saturated carbocycles. The summed E-state index contributed by atoms with van der Waals surface area (Å²) in [5, 5.41) is 5.33. The lowest BCUT2D eigenvalue weighted by molar-refractivity contribution is -0.122. The summed E-state index contributed by atoms with van der Waals surface area (Å²) in [6, 6.07) is -0.746. The van der Waals surface area contributed by atoms with E-state index >= 15 is 0 Å². The highest BCUT2D eigenvalue weighted by atomic mass is 19.1. The quantitative estimate of drug-likeness (QED) is 0.211. The Balaban J connectivity index is 2.38. The second kappa shape index (κ2) is 16.9. The Morgan fingerprint density at radius 3 is 1.48 bits per heavy atom. The molecule has 1 aliphatic carbocycles. The molecule has 0 aromatic carbocycles. The Bertz CT molecular complexity index is 540. The minimum Gasteiger partial charge on any atom is -0.345 e. The van der Waals surface area contributed by atoms with Crippen LogP contribution in [0.15, 0.2) is 23.8 Å². The third-order valence-corrected chi connectivity index (χ3v) is 5.85. The van der Waals surface area contributed by atoms with Gasteiger partial charge < -0.3 is 10.6 Å². The second-order valence-electron chi connectivity index (χ2n) is 8.60. The van der Waals surface area contributed by atoms with Gasteiger partial charge in [-0.25, -0.2) is 8.78 Å². The summed E-state index contributed by atoms with van der Waals surface area (Å²) >= 11 is 0. The Morgan fingerprint density at radius 1 is 0.710 bits per heavy atom. The van der Waals surface area contributed by atoms with Gasteiger partial charge in [0.1, 0.15) is 0 Å². The van der Waals surface area contributed by atoms with Crippen molar-refractivity contribution in [3.63, 3.8) is 0 Å². The van der Waals surface area contributed by atoms with E-state index in [2.05, 4.69) is 24.5 Å². The zero-order chi connectivity index (χ0) is 22.9. The van der Waals surface area contributed by atoms with E-state index in [9.17, 15) is 18.4 Å². The summed E-state index contributed by atoms with van der Waals surface area (Å²) in [5.41, 5.74) is 0. The number of hydrogen-bond donors (Lipinski definition) is 2. The van der Waals surface area contributed by atoms with Gasteiger partial charge in [0.05, 0.1) is 0 Å². The zero-order valence-electron chi connectivity index (χ0n) is 19.5. The molecule has 4 nitrogen and oxygen atoms in total. The molecule has 0 spiro atoms. The number of carbonyl (C=O) groups is 2. The van der Waals surface area contributed by atoms with Crippen LogP contribution in [0.2, 0.25) is 0 Å². The predicted molar refractivity (Wildman–Crippen MR) is 123 cm³/mol. The normalized spacial score (nSPS) is 19.5. The van der Waals surface area contributed by atoms with E-state index in [1.807, 2.05) is 0 Å². The monoisotopic (exact) mass is 440 g/mol. The first-order valence-corrected chi connectivity index (χ1v) is 12.3. The van der Waals surface area contributed by atoms with Gasteiger partial charge in [0.2, 0.25) is 0 Å². The van der Waals surface area contributed by atoms with Crippen molar-refractivity contribution in [3.05, 3.63) is 23.8 Å². The van der Waals surface area contributed by atoms with Gasteiger partial charge in [0, 0.05) is 12.1 Å². The third-order valence-electron chi connectivity index (χ3n) is 5.85. The molecule has 2 unspecified atom stereocenters. The molecule has 1 rings (SSSR count). The van der Waals surface area contributed by atoms with E-state index in [0.717, 1.165) is 57.8 Å². The zero-order valence-corrected chi connectivity index (χ0v) is 19.5. The minimum absolute atomic E-state index is 0.373. The summed E-state index contributed by atoms with van der Waals surface area (Å²) in [7, 11) is 0. The van der Waals surface area contributed by atoms with E-state index in [1.165, 1.54) is 25.0 Å². The number of hydrogen-bond acceptors (Lipinski definition) is 2. The minimum atomic E-state index is -0.776. The summed E-state index contributed by atoms with van der Waals surface area (Å²) in [6.45, 7) is 4.28. The maximum absolute atomic E-state index is 14.1. The molecule has 0 bridgehead atoms. The SMILES string of the molecule is CCCCCCCC=C(F)C(=O)NC1CCCC1NC(=O)C(F)=CCCCCCCC. The summed E-state index contributed by atoms with van der Waals surface area (Å²) in [4.78, 5) is 24.3. The highest BCUT2D eigenvalue weighted by Gasteiger charge is 2.31. The molecule has 2 atom stereocenters. The van der Waals surface area contributed by atoms with Gasteiger partial charge in [-0.3, -0.25) is 9.59 Å². The molecule has 1 fully saturated rings. The Hall–Kier alpha value is -1.72. The van der Waals surface area contributed by atoms with Crippen LogP contribution in [0, 0.1) is 0 Å². The van der Waals surface area contributed by atoms with E-state index < -0.39 is 23.5 Å². The Morgan fingerprint density at radius 2 is 1.10 bits per heavy atom. The van der Waals surface area contributed by atoms with Crippen molar-refractivity contribution >= 4 is 11.8 Å². The molecular weight excluding hydrogens is 398 g/mol. The molecule has 31 heavy (non-hydrogen) atoms. The molecule has 1 aliphatic rings. The molecule has 0 aromatic heterocycles. The van der Waals surface area contributed by atoms with Crippen LogP contribution in [0.1, 0.15) is 110 Å². The van der Waals surface area contributed by atoms with E-state index in [4.69, 9.17) is 0 Å². The summed E-state index contributed by atoms with van der Waals surface area (Å²) < 4.78 is 28.2. The van der Waals surface area contributed by atoms with Gasteiger partial charge in [-0.1, -0.05) is 65.2 Å². The lowest BCUT2D eigenvalue weighted by Crippen LogP contribution is -2.48. The van der Waals surface area contributed by atoms with Gasteiger partial charge in [0.25, 0.3) is 11.8 Å². The van der Waals surface area contributed by atoms with Crippen LogP contribution in [0.3, 0.4) is 0 Å². The van der Waals surface area contributed by atoms with Crippen molar-refractivity contribution in [2.24, 2.45) is 0 Å². The first-order chi connectivity index (χ1) is 15.0. The first-order valence-electron chi connectivity index (χ1n) is 12.3. The van der Waals surface area contributed by atoms with Gasteiger partial charge >= 0.3 is 0 Å². The smallest absolute Gasteiger partial charge is 0.279 e. The molecule has 0 saturated heterocycles. The Labute approximate surface area is 187 Å². The third kappa shape index (κ3) is 12.0. The number of unbranched alkanes of at least 4 members (excludes halogenated alkanes) is 10. The number of halogens is 2. The standard InChI is InChI=1S/C25H42F2N2O2/c1-3-5-7-9-11-13-16-20(26)24(30)28-22-18-15-19-23(22)29-25(31)21(27)17-14-12-10-8-6-4-2/h16-17,22-23H,3-15,18-19H2,1-2H3,(H,28,30)(H,29,31). The highest BCUT2D eigenvalue weighted by molar-refractivity contribution is 5.92. The predicted octanol–water partition coefficient (Wildman–Crippen LogP) is 6.57. The van der Waals surface area contributed by atoms with Gasteiger partial charge in [-0.05, 0) is 57.1 Å². The average molecular weight is 441 g/mol. The number of rotatable bonds is 16. The second-order valence-corrected chi connectivity index (χ2v) is 8.60. The fraction of sp³-hybridized carbons (Fsp3) is 0.760. The van der Waals surface area contributed by atoms with Crippen LogP contribution in [-0.2, 0) is 9.59 Å². The van der Waals surface area contributed by atoms with Crippen LogP contribution < -0.4 is 10.6 Å². The molecule has 0 aromatic rings. The molecule has 6 heteroatoms. The van der Waals surface area contributed by atoms with Gasteiger partial charge in [0.15, 0.2) is 11.7 Å². The fourth-order valence-corrected chi connectivity index (χ4v) is 3.92. The highest BCUT2D eigenvalue weighted by Crippen LogP contribution is 2.21. The molecule has 0 heterocycles. The maximum Gasteiger partial charge on any atom is 0.279 e. The largest absolute Gasteiger partial charge is 0.345 e. The molecule has 2 N–H and O–H groups in total. The van der Waals surface area contributed by atoms with Crippen LogP contribution in [0.5, 0.6) is 0 Å². The summed E-state index contributed by atoms with van der Waals surface area (Å²) in [5.74, 6) is -3.05. The average Bonchev–Trinajstić information content (AvgIpc) is 3.19. The van der Waals surface area contributed by atoms with Crippen LogP contribution in [-0.4, -0.2) is 23.9 Å². The number of allylic oxidation sites excluding steroid dienone is 2. The maximum atomic E-state index is 14.1. The van der Waals surface area contributed by atoms with Crippen LogP contribution >= 0.6 is 0 Å². The molecule has 0 radical (unpaired) electrons. The Kier molecular flexibility index (Phi) is 14.9. The first kappa shape index (κ1) is 27.3. The topological polar surface area (TPSA) is 58.2 Å². The summed E-state index contributed by atoms with van der Waals surface area (Å²) in [6.07, 6.45) is 16.6. The molecule has 178 valence electrons. The molecule has 2 amide bonds. The molecule has 0 aliphatic heterocycles. The number of nitrogens with one attached hydrogen (secondary N) is 2. The van der Waals surface area contributed by atoms with Crippen molar-refractivity contribution in [2.75, 3.05) is 0 Å². The van der Waals surface area contributed by atoms with E-state index in [1.54, 1.807) is 0 Å². The van der Waals surface area contributed by atoms with Crippen molar-refractivity contribution in [3.8, 4) is 0 Å². The van der Waals surface area contributed by atoms with E-state index in [-0.39, 0.29) is 12.1 Å². The van der Waals surface area contributed by atoms with E-state index in [0.29, 0.717) is 25.7 Å². The number of carbonyl (C=O) groups excluding carboxylic acids is 2. The van der Waals surface area contributed by atoms with Crippen molar-refractivity contribution in [2.45, 2.75) is 122 Å². The lowest BCUT2D eigenvalue weighted by atomic mass is 10.1. The molecular formula is C25H42F2N2O2. The van der Waals surface area contributed by atoms with Gasteiger partial charge in [-0.2, -0.15) is 0 Å². The van der Waals surface area contributed by atoms with Crippen LogP contribution in [0.4, 0.5) is 8.78 Å². The van der Waals surface area contributed by atoms with Crippen LogP contribution in [0.25, 0.3) is 0 Å². The van der Waals surface area contributed by atoms with Crippen molar-refractivity contribution in [1.29, 1.82) is 0 Å². The lowest BCUT2D eigenvalue weighted by Gasteiger charge is -2.21. The fourth-order valence-electron chi connectivity index (χ4n) is 3.92. The van der Waals surface area contributed by atoms with Gasteiger partial charge in [-0.15, -0.1) is 0 Å². The van der Waals surface area contributed by atoms with Crippen molar-refractivity contribution < 1.29 is 18.4 Å². The number of amides is 2. The van der Waals surface area contributed by atoms with Crippen molar-refractivity contribution in [1.82, 2.24) is 10.6 Å².